The van der Waals surface area contributed by atoms with Gasteiger partial charge in [0.05, 0.1) is 10.6 Å². The van der Waals surface area contributed by atoms with Crippen LogP contribution in [0.5, 0.6) is 0 Å². The molecular formula is C22H17ClN4O3S2. The number of benzene rings is 3. The van der Waals surface area contributed by atoms with Crippen LogP contribution in [0.15, 0.2) is 90.1 Å². The van der Waals surface area contributed by atoms with E-state index in [0.717, 1.165) is 5.69 Å². The van der Waals surface area contributed by atoms with Crippen molar-refractivity contribution in [3.8, 4) is 5.69 Å². The molecule has 0 aliphatic rings. The zero-order valence-corrected chi connectivity index (χ0v) is 18.8. The fourth-order valence-corrected chi connectivity index (χ4v) is 4.55. The number of halogens is 1. The molecule has 1 aromatic heterocycles. The molecular weight excluding hydrogens is 468 g/mol. The zero-order chi connectivity index (χ0) is 22.7. The summed E-state index contributed by atoms with van der Waals surface area (Å²) in [5.41, 5.74) is 1.84. The number of aromatic nitrogens is 2. The van der Waals surface area contributed by atoms with Crippen LogP contribution in [-0.4, -0.2) is 23.9 Å². The lowest BCUT2D eigenvalue weighted by Gasteiger charge is -2.11. The van der Waals surface area contributed by atoms with Gasteiger partial charge in [-0.25, -0.2) is 8.42 Å². The number of nitrogens with zero attached hydrogens (tertiary/aromatic N) is 1. The lowest BCUT2D eigenvalue weighted by molar-refractivity contribution is 0.102. The number of nitrogens with one attached hydrogen (secondary N) is 3. The van der Waals surface area contributed by atoms with Gasteiger partial charge < -0.3 is 10.3 Å². The average Bonchev–Trinajstić information content (AvgIpc) is 3.19. The molecule has 3 N–H and O–H groups in total. The Morgan fingerprint density at radius 3 is 2.47 bits per heavy atom. The number of hydrogen-bond acceptors (Lipinski definition) is 4. The lowest BCUT2D eigenvalue weighted by atomic mass is 10.2. The first-order valence-electron chi connectivity index (χ1n) is 9.38. The van der Waals surface area contributed by atoms with Crippen molar-refractivity contribution in [2.24, 2.45) is 0 Å². The van der Waals surface area contributed by atoms with E-state index in [1.807, 2.05) is 6.07 Å². The molecule has 0 saturated heterocycles. The maximum absolute atomic E-state index is 12.8. The molecule has 0 unspecified atom stereocenters. The van der Waals surface area contributed by atoms with E-state index in [0.29, 0.717) is 21.2 Å². The molecule has 0 aliphatic heterocycles. The van der Waals surface area contributed by atoms with Gasteiger partial charge in [-0.05, 0) is 66.8 Å². The number of aromatic amines is 1. The molecule has 4 aromatic rings. The smallest absolute Gasteiger partial charge is 0.261 e. The number of sulfonamides is 1. The molecule has 0 atom stereocenters. The number of amides is 1. The van der Waals surface area contributed by atoms with Crippen molar-refractivity contribution >= 4 is 51.1 Å². The summed E-state index contributed by atoms with van der Waals surface area (Å²) in [6.45, 7) is 0. The van der Waals surface area contributed by atoms with Gasteiger partial charge in [0.25, 0.3) is 15.9 Å². The first kappa shape index (κ1) is 21.8. The highest BCUT2D eigenvalue weighted by Crippen LogP contribution is 2.21. The topological polar surface area (TPSA) is 96.0 Å². The summed E-state index contributed by atoms with van der Waals surface area (Å²) < 4.78 is 30.3. The van der Waals surface area contributed by atoms with Crippen LogP contribution in [0.3, 0.4) is 0 Å². The summed E-state index contributed by atoms with van der Waals surface area (Å²) >= 11 is 11.1. The molecule has 0 spiro atoms. The van der Waals surface area contributed by atoms with E-state index in [9.17, 15) is 13.2 Å². The highest BCUT2D eigenvalue weighted by atomic mass is 35.5. The minimum absolute atomic E-state index is 0.0440. The third-order valence-corrected chi connectivity index (χ3v) is 6.44. The first-order chi connectivity index (χ1) is 15.3. The van der Waals surface area contributed by atoms with Crippen LogP contribution < -0.4 is 10.0 Å². The molecule has 1 amide bonds. The van der Waals surface area contributed by atoms with Crippen LogP contribution in [0.2, 0.25) is 5.02 Å². The fourth-order valence-electron chi connectivity index (χ4n) is 3.03. The minimum atomic E-state index is -3.91. The van der Waals surface area contributed by atoms with Gasteiger partial charge in [-0.3, -0.25) is 14.1 Å². The van der Waals surface area contributed by atoms with Gasteiger partial charge in [0, 0.05) is 34.4 Å². The van der Waals surface area contributed by atoms with Crippen molar-refractivity contribution in [2.75, 3.05) is 10.0 Å². The van der Waals surface area contributed by atoms with Gasteiger partial charge >= 0.3 is 0 Å². The predicted octanol–water partition coefficient (Wildman–Crippen LogP) is 5.24. The van der Waals surface area contributed by atoms with Gasteiger partial charge in [-0.2, -0.15) is 0 Å². The first-order valence-corrected chi connectivity index (χ1v) is 11.6. The Hall–Kier alpha value is -3.40. The standard InChI is InChI=1S/C22H17ClN4O3S2/c23-16-5-2-7-18(13-16)26-32(29,30)20-9-1-4-15(12-20)21(28)25-17-6-3-8-19(14-17)27-11-10-24-22(27)31/h1-14,26H,(H,24,31)(H,25,28). The molecule has 0 bridgehead atoms. The van der Waals surface area contributed by atoms with E-state index >= 15 is 0 Å². The Kier molecular flexibility index (Phi) is 6.13. The van der Waals surface area contributed by atoms with Crippen molar-refractivity contribution < 1.29 is 13.2 Å². The van der Waals surface area contributed by atoms with Gasteiger partial charge in [-0.15, -0.1) is 0 Å². The summed E-state index contributed by atoms with van der Waals surface area (Å²) in [5.74, 6) is -0.445. The van der Waals surface area contributed by atoms with Crippen LogP contribution >= 0.6 is 23.8 Å². The monoisotopic (exact) mass is 484 g/mol. The normalized spacial score (nSPS) is 11.2. The largest absolute Gasteiger partial charge is 0.337 e. The van der Waals surface area contributed by atoms with Gasteiger partial charge in [-0.1, -0.05) is 29.8 Å². The minimum Gasteiger partial charge on any atom is -0.337 e. The molecule has 0 radical (unpaired) electrons. The number of carbonyl (C=O) groups excluding carboxylic acids is 1. The number of anilines is 2. The van der Waals surface area contributed by atoms with Crippen molar-refractivity contribution in [1.29, 1.82) is 0 Å². The Bertz CT molecular complexity index is 1460. The Morgan fingerprint density at radius 1 is 0.969 bits per heavy atom. The van der Waals surface area contributed by atoms with Crippen molar-refractivity contribution in [3.63, 3.8) is 0 Å². The fraction of sp³-hybridized carbons (Fsp3) is 0. The van der Waals surface area contributed by atoms with E-state index in [1.54, 1.807) is 59.4 Å². The summed E-state index contributed by atoms with van der Waals surface area (Å²) in [6, 6.07) is 19.3. The van der Waals surface area contributed by atoms with Gasteiger partial charge in [0.15, 0.2) is 4.77 Å². The Labute approximate surface area is 194 Å². The number of H-pyrrole nitrogens is 1. The second-order valence-electron chi connectivity index (χ2n) is 6.78. The second-order valence-corrected chi connectivity index (χ2v) is 9.29. The molecule has 10 heteroatoms. The van der Waals surface area contributed by atoms with E-state index in [2.05, 4.69) is 15.0 Å². The third-order valence-electron chi connectivity index (χ3n) is 4.51. The molecule has 0 saturated carbocycles. The van der Waals surface area contributed by atoms with Crippen molar-refractivity contribution in [3.05, 3.63) is 101 Å². The van der Waals surface area contributed by atoms with E-state index in [1.165, 1.54) is 24.3 Å². The molecule has 3 aromatic carbocycles. The quantitative estimate of drug-likeness (QED) is 0.326. The van der Waals surface area contributed by atoms with Crippen molar-refractivity contribution in [2.45, 2.75) is 4.90 Å². The van der Waals surface area contributed by atoms with Crippen molar-refractivity contribution in [1.82, 2.24) is 9.55 Å². The summed E-state index contributed by atoms with van der Waals surface area (Å²) in [5, 5.41) is 3.19. The molecule has 32 heavy (non-hydrogen) atoms. The molecule has 0 aliphatic carbocycles. The summed E-state index contributed by atoms with van der Waals surface area (Å²) in [6.07, 6.45) is 3.50. The van der Waals surface area contributed by atoms with E-state index in [4.69, 9.17) is 23.8 Å². The van der Waals surface area contributed by atoms with Gasteiger partial charge in [0.1, 0.15) is 0 Å². The molecule has 0 fully saturated rings. The highest BCUT2D eigenvalue weighted by molar-refractivity contribution is 7.92. The van der Waals surface area contributed by atoms with Gasteiger partial charge in [0.2, 0.25) is 0 Å². The van der Waals surface area contributed by atoms with Crippen LogP contribution in [0.1, 0.15) is 10.4 Å². The Morgan fingerprint density at radius 2 is 1.72 bits per heavy atom. The van der Waals surface area contributed by atoms with Crippen LogP contribution in [0.4, 0.5) is 11.4 Å². The SMILES string of the molecule is O=C(Nc1cccc(-n2cc[nH]c2=S)c1)c1cccc(S(=O)(=O)Nc2cccc(Cl)c2)c1. The average molecular weight is 485 g/mol. The molecule has 7 nitrogen and oxygen atoms in total. The second kappa shape index (κ2) is 8.99. The van der Waals surface area contributed by atoms with Crippen LogP contribution in [-0.2, 0) is 10.0 Å². The molecule has 4 rings (SSSR count). The summed E-state index contributed by atoms with van der Waals surface area (Å²) in [4.78, 5) is 15.7. The van der Waals surface area contributed by atoms with E-state index < -0.39 is 15.9 Å². The molecule has 162 valence electrons. The summed E-state index contributed by atoms with van der Waals surface area (Å²) in [7, 11) is -3.91. The Balaban J connectivity index is 1.55. The zero-order valence-electron chi connectivity index (χ0n) is 16.4. The maximum atomic E-state index is 12.8. The molecule has 1 heterocycles. The highest BCUT2D eigenvalue weighted by Gasteiger charge is 2.17. The maximum Gasteiger partial charge on any atom is 0.261 e. The third kappa shape index (κ3) is 4.91. The predicted molar refractivity (Wildman–Crippen MR) is 128 cm³/mol. The van der Waals surface area contributed by atoms with Crippen LogP contribution in [0, 0.1) is 4.77 Å². The van der Waals surface area contributed by atoms with Crippen LogP contribution in [0.25, 0.3) is 5.69 Å². The number of rotatable bonds is 6. The van der Waals surface area contributed by atoms with E-state index in [-0.39, 0.29) is 10.5 Å². The lowest BCUT2D eigenvalue weighted by Crippen LogP contribution is -2.16. The number of imidazole rings is 1. The number of hydrogen-bond donors (Lipinski definition) is 3. The number of carbonyl (C=O) groups is 1.